The third-order valence-electron chi connectivity index (χ3n) is 4.20. The molecule has 0 atom stereocenters. The number of benzene rings is 1. The summed E-state index contributed by atoms with van der Waals surface area (Å²) in [6.07, 6.45) is 0. The quantitative estimate of drug-likeness (QED) is 0.595. The minimum absolute atomic E-state index is 0.120. The lowest BCUT2D eigenvalue weighted by Crippen LogP contribution is -2.25. The van der Waals surface area contributed by atoms with Crippen LogP contribution in [0.1, 0.15) is 17.1 Å². The Bertz CT molecular complexity index is 999. The lowest BCUT2D eigenvalue weighted by atomic mass is 10.2. The van der Waals surface area contributed by atoms with Crippen LogP contribution in [0.15, 0.2) is 38.0 Å². The molecule has 0 amide bonds. The molecule has 0 bridgehead atoms. The molecule has 0 spiro atoms. The highest BCUT2D eigenvalue weighted by Crippen LogP contribution is 2.36. The molecule has 0 saturated carbocycles. The lowest BCUT2D eigenvalue weighted by molar-refractivity contribution is 0.344. The van der Waals surface area contributed by atoms with Crippen molar-refractivity contribution in [3.8, 4) is 11.5 Å². The zero-order chi connectivity index (χ0) is 21.0. The van der Waals surface area contributed by atoms with Gasteiger partial charge in [-0.15, -0.1) is 4.40 Å². The van der Waals surface area contributed by atoms with Gasteiger partial charge in [0.25, 0.3) is 10.0 Å². The SMILES string of the molecule is COc1cc2c(cc1OC)S(=O)(=O)N=C2NCCSCc1ccc(CN(C)C)o1. The van der Waals surface area contributed by atoms with Crippen LogP contribution in [0.3, 0.4) is 0 Å². The molecular formula is C19H25N3O5S2. The summed E-state index contributed by atoms with van der Waals surface area (Å²) in [5, 5.41) is 3.12. The van der Waals surface area contributed by atoms with Gasteiger partial charge in [-0.05, 0) is 32.3 Å². The van der Waals surface area contributed by atoms with Crippen molar-refractivity contribution in [2.75, 3.05) is 40.6 Å². The van der Waals surface area contributed by atoms with Gasteiger partial charge >= 0.3 is 0 Å². The maximum atomic E-state index is 12.3. The van der Waals surface area contributed by atoms with Crippen LogP contribution >= 0.6 is 11.8 Å². The number of hydrogen-bond acceptors (Lipinski definition) is 8. The van der Waals surface area contributed by atoms with E-state index >= 15 is 0 Å². The molecule has 1 aromatic carbocycles. The summed E-state index contributed by atoms with van der Waals surface area (Å²) in [6.45, 7) is 1.34. The van der Waals surface area contributed by atoms with E-state index in [2.05, 4.69) is 14.6 Å². The molecule has 0 unspecified atom stereocenters. The number of fused-ring (bicyclic) bond motifs is 1. The molecule has 0 fully saturated rings. The summed E-state index contributed by atoms with van der Waals surface area (Å²) in [4.78, 5) is 2.17. The Morgan fingerprint density at radius 3 is 2.52 bits per heavy atom. The first-order valence-corrected chi connectivity index (χ1v) is 11.6. The maximum absolute atomic E-state index is 12.3. The number of rotatable bonds is 9. The molecule has 8 nitrogen and oxygen atoms in total. The third-order valence-corrected chi connectivity index (χ3v) is 6.50. The molecule has 10 heteroatoms. The van der Waals surface area contributed by atoms with Crippen LogP contribution in [-0.2, 0) is 22.3 Å². The van der Waals surface area contributed by atoms with Gasteiger partial charge in [-0.2, -0.15) is 20.2 Å². The van der Waals surface area contributed by atoms with Gasteiger partial charge < -0.3 is 24.1 Å². The average molecular weight is 440 g/mol. The van der Waals surface area contributed by atoms with Crippen molar-refractivity contribution in [1.29, 1.82) is 0 Å². The Morgan fingerprint density at radius 2 is 1.83 bits per heavy atom. The Kier molecular flexibility index (Phi) is 6.76. The van der Waals surface area contributed by atoms with E-state index in [0.717, 1.165) is 29.6 Å². The molecule has 3 rings (SSSR count). The first kappa shape index (κ1) is 21.5. The number of hydrogen-bond donors (Lipinski definition) is 1. The molecule has 158 valence electrons. The Labute approximate surface area is 175 Å². The summed E-state index contributed by atoms with van der Waals surface area (Å²) in [7, 11) is 3.23. The summed E-state index contributed by atoms with van der Waals surface area (Å²) in [5.41, 5.74) is 0.493. The Hall–Kier alpha value is -2.17. The van der Waals surface area contributed by atoms with Gasteiger partial charge in [0.15, 0.2) is 11.5 Å². The van der Waals surface area contributed by atoms with Crippen LogP contribution in [0.5, 0.6) is 11.5 Å². The van der Waals surface area contributed by atoms with Crippen LogP contribution in [0, 0.1) is 0 Å². The Balaban J connectivity index is 1.56. The van der Waals surface area contributed by atoms with Crippen molar-refractivity contribution in [3.05, 3.63) is 41.3 Å². The lowest BCUT2D eigenvalue weighted by Gasteiger charge is -2.11. The molecule has 29 heavy (non-hydrogen) atoms. The molecule has 2 aromatic rings. The van der Waals surface area contributed by atoms with Gasteiger partial charge in [-0.3, -0.25) is 0 Å². The second kappa shape index (κ2) is 9.10. The highest BCUT2D eigenvalue weighted by molar-refractivity contribution is 7.98. The number of ether oxygens (including phenoxy) is 2. The predicted octanol–water partition coefficient (Wildman–Crippen LogP) is 2.33. The van der Waals surface area contributed by atoms with E-state index in [1.54, 1.807) is 17.8 Å². The van der Waals surface area contributed by atoms with Crippen LogP contribution in [0.25, 0.3) is 0 Å². The van der Waals surface area contributed by atoms with E-state index in [4.69, 9.17) is 13.9 Å². The second-order valence-corrected chi connectivity index (χ2v) is 9.38. The molecule has 1 aromatic heterocycles. The molecule has 2 heterocycles. The highest BCUT2D eigenvalue weighted by Gasteiger charge is 2.31. The number of sulfonamides is 1. The zero-order valence-corrected chi connectivity index (χ0v) is 18.5. The van der Waals surface area contributed by atoms with Crippen LogP contribution in [0.4, 0.5) is 0 Å². The van der Waals surface area contributed by atoms with Crippen molar-refractivity contribution in [1.82, 2.24) is 10.2 Å². The predicted molar refractivity (Wildman–Crippen MR) is 114 cm³/mol. The fourth-order valence-corrected chi connectivity index (χ4v) is 4.85. The van der Waals surface area contributed by atoms with E-state index in [9.17, 15) is 8.42 Å². The summed E-state index contributed by atoms with van der Waals surface area (Å²) < 4.78 is 44.8. The maximum Gasteiger partial charge on any atom is 0.285 e. The van der Waals surface area contributed by atoms with E-state index in [0.29, 0.717) is 29.4 Å². The third kappa shape index (κ3) is 5.06. The first-order chi connectivity index (χ1) is 13.8. The van der Waals surface area contributed by atoms with E-state index in [-0.39, 0.29) is 4.90 Å². The van der Waals surface area contributed by atoms with Gasteiger partial charge in [0, 0.05) is 23.9 Å². The van der Waals surface area contributed by atoms with E-state index in [1.807, 2.05) is 26.2 Å². The van der Waals surface area contributed by atoms with Crippen molar-refractivity contribution < 1.29 is 22.3 Å². The zero-order valence-electron chi connectivity index (χ0n) is 16.9. The van der Waals surface area contributed by atoms with Crippen molar-refractivity contribution in [2.45, 2.75) is 17.2 Å². The Morgan fingerprint density at radius 1 is 1.14 bits per heavy atom. The number of nitrogens with one attached hydrogen (secondary N) is 1. The van der Waals surface area contributed by atoms with Gasteiger partial charge in [0.1, 0.15) is 22.3 Å². The fraction of sp³-hybridized carbons (Fsp3) is 0.421. The largest absolute Gasteiger partial charge is 0.493 e. The summed E-state index contributed by atoms with van der Waals surface area (Å²) >= 11 is 1.70. The van der Waals surface area contributed by atoms with Crippen LogP contribution < -0.4 is 14.8 Å². The first-order valence-electron chi connectivity index (χ1n) is 8.99. The monoisotopic (exact) mass is 439 g/mol. The van der Waals surface area contributed by atoms with Crippen LogP contribution in [-0.4, -0.2) is 59.8 Å². The molecule has 1 aliphatic rings. The number of amidine groups is 1. The van der Waals surface area contributed by atoms with E-state index in [1.165, 1.54) is 20.3 Å². The van der Waals surface area contributed by atoms with Crippen molar-refractivity contribution in [3.63, 3.8) is 0 Å². The molecular weight excluding hydrogens is 414 g/mol. The number of nitrogens with zero attached hydrogens (tertiary/aromatic N) is 2. The second-order valence-electron chi connectivity index (χ2n) is 6.70. The molecule has 0 saturated heterocycles. The summed E-state index contributed by atoms with van der Waals surface area (Å²) in [6, 6.07) is 7.05. The highest BCUT2D eigenvalue weighted by atomic mass is 32.2. The van der Waals surface area contributed by atoms with Crippen LogP contribution in [0.2, 0.25) is 0 Å². The topological polar surface area (TPSA) is 93.4 Å². The van der Waals surface area contributed by atoms with Gasteiger partial charge in [0.2, 0.25) is 0 Å². The van der Waals surface area contributed by atoms with Gasteiger partial charge in [0.05, 0.1) is 26.5 Å². The normalized spacial score (nSPS) is 14.6. The minimum Gasteiger partial charge on any atom is -0.493 e. The fourth-order valence-electron chi connectivity index (χ4n) is 2.92. The smallest absolute Gasteiger partial charge is 0.285 e. The van der Waals surface area contributed by atoms with Gasteiger partial charge in [-0.1, -0.05) is 0 Å². The molecule has 1 N–H and O–H groups in total. The number of thioether (sulfide) groups is 1. The minimum atomic E-state index is -3.74. The average Bonchev–Trinajstić information content (AvgIpc) is 3.21. The molecule has 0 aliphatic carbocycles. The molecule has 0 radical (unpaired) electrons. The van der Waals surface area contributed by atoms with Crippen molar-refractivity contribution >= 4 is 27.6 Å². The number of methoxy groups -OCH3 is 2. The van der Waals surface area contributed by atoms with Crippen molar-refractivity contribution in [2.24, 2.45) is 4.40 Å². The standard InChI is InChI=1S/C19H25N3O5S2/c1-22(2)11-13-5-6-14(27-13)12-28-8-7-20-19-15-9-16(25-3)17(26-4)10-18(15)29(23,24)21-19/h5-6,9-10H,7-8,11-12H2,1-4H3,(H,20,21). The number of furan rings is 1. The summed E-state index contributed by atoms with van der Waals surface area (Å²) in [5.74, 6) is 4.53. The van der Waals surface area contributed by atoms with E-state index < -0.39 is 10.0 Å². The molecule has 1 aliphatic heterocycles. The van der Waals surface area contributed by atoms with Gasteiger partial charge in [-0.25, -0.2) is 0 Å².